The van der Waals surface area contributed by atoms with Crippen LogP contribution in [0.1, 0.15) is 20.3 Å². The van der Waals surface area contributed by atoms with Crippen molar-refractivity contribution in [2.45, 2.75) is 25.8 Å². The van der Waals surface area contributed by atoms with Crippen LogP contribution in [0.2, 0.25) is 0 Å². The van der Waals surface area contributed by atoms with Crippen molar-refractivity contribution in [2.75, 3.05) is 13.6 Å². The number of carbonyl (C=O) groups excluding carboxylic acids is 1. The van der Waals surface area contributed by atoms with Crippen molar-refractivity contribution in [3.05, 3.63) is 34.7 Å². The molecule has 0 unspecified atom stereocenters. The molecule has 0 radical (unpaired) electrons. The van der Waals surface area contributed by atoms with E-state index in [1.54, 1.807) is 32.2 Å². The second-order valence-electron chi connectivity index (χ2n) is 4.84. The van der Waals surface area contributed by atoms with Gasteiger partial charge in [-0.15, -0.1) is 0 Å². The lowest BCUT2D eigenvalue weighted by Gasteiger charge is -2.30. The summed E-state index contributed by atoms with van der Waals surface area (Å²) < 4.78 is 1.34. The van der Waals surface area contributed by atoms with Gasteiger partial charge in [0.25, 0.3) is 5.56 Å². The molecule has 0 spiro atoms. The van der Waals surface area contributed by atoms with Crippen molar-refractivity contribution < 1.29 is 14.7 Å². The van der Waals surface area contributed by atoms with Crippen LogP contribution >= 0.6 is 0 Å². The molecule has 0 saturated carbocycles. The Morgan fingerprint density at radius 2 is 2.00 bits per heavy atom. The summed E-state index contributed by atoms with van der Waals surface area (Å²) in [6.07, 6.45) is 1.42. The average Bonchev–Trinajstić information content (AvgIpc) is 2.35. The standard InChI is InChI=1S/C13H18N2O4/c1-13(2,15-8-5-4-6-10(15)16)12(19)14(3)9-7-11(17)18/h4-6,8H,7,9H2,1-3H3,(H,17,18). The molecule has 1 aromatic rings. The molecule has 19 heavy (non-hydrogen) atoms. The minimum absolute atomic E-state index is 0.110. The fourth-order valence-corrected chi connectivity index (χ4v) is 1.82. The van der Waals surface area contributed by atoms with Crippen molar-refractivity contribution >= 4 is 11.9 Å². The quantitative estimate of drug-likeness (QED) is 0.842. The first-order valence-corrected chi connectivity index (χ1v) is 5.92. The van der Waals surface area contributed by atoms with Crippen LogP contribution in [0.5, 0.6) is 0 Å². The Balaban J connectivity index is 2.94. The maximum atomic E-state index is 12.3. The smallest absolute Gasteiger partial charge is 0.305 e. The lowest BCUT2D eigenvalue weighted by molar-refractivity contribution is -0.140. The maximum absolute atomic E-state index is 12.3. The zero-order valence-electron chi connectivity index (χ0n) is 11.3. The number of aromatic nitrogens is 1. The van der Waals surface area contributed by atoms with Crippen molar-refractivity contribution in [1.29, 1.82) is 0 Å². The van der Waals surface area contributed by atoms with Gasteiger partial charge in [0, 0.05) is 25.9 Å². The molecule has 1 amide bonds. The highest BCUT2D eigenvalue weighted by Crippen LogP contribution is 2.15. The first-order chi connectivity index (χ1) is 8.76. The molecule has 0 aromatic carbocycles. The molecule has 0 saturated heterocycles. The predicted molar refractivity (Wildman–Crippen MR) is 69.9 cm³/mol. The number of hydrogen-bond donors (Lipinski definition) is 1. The van der Waals surface area contributed by atoms with Crippen molar-refractivity contribution in [2.24, 2.45) is 0 Å². The van der Waals surface area contributed by atoms with Crippen LogP contribution in [0.15, 0.2) is 29.2 Å². The lowest BCUT2D eigenvalue weighted by Crippen LogP contribution is -2.49. The van der Waals surface area contributed by atoms with Gasteiger partial charge in [0.2, 0.25) is 5.91 Å². The van der Waals surface area contributed by atoms with E-state index >= 15 is 0 Å². The average molecular weight is 266 g/mol. The van der Waals surface area contributed by atoms with E-state index in [2.05, 4.69) is 0 Å². The van der Waals surface area contributed by atoms with E-state index in [1.807, 2.05) is 0 Å². The zero-order chi connectivity index (χ0) is 14.6. The molecule has 0 aliphatic carbocycles. The molecule has 0 bridgehead atoms. The molecule has 1 N–H and O–H groups in total. The van der Waals surface area contributed by atoms with Gasteiger partial charge in [0.1, 0.15) is 5.54 Å². The third-order valence-electron chi connectivity index (χ3n) is 2.96. The molecule has 0 aliphatic heterocycles. The molecule has 1 rings (SSSR count). The highest BCUT2D eigenvalue weighted by Gasteiger charge is 2.32. The molecule has 1 aromatic heterocycles. The van der Waals surface area contributed by atoms with Gasteiger partial charge in [-0.3, -0.25) is 14.4 Å². The van der Waals surface area contributed by atoms with Gasteiger partial charge in [-0.1, -0.05) is 6.07 Å². The highest BCUT2D eigenvalue weighted by molar-refractivity contribution is 5.83. The second kappa shape index (κ2) is 5.69. The third kappa shape index (κ3) is 3.43. The summed E-state index contributed by atoms with van der Waals surface area (Å²) in [5.74, 6) is -1.27. The Hall–Kier alpha value is -2.11. The van der Waals surface area contributed by atoms with Crippen LogP contribution in [-0.2, 0) is 15.1 Å². The first-order valence-electron chi connectivity index (χ1n) is 5.92. The van der Waals surface area contributed by atoms with E-state index in [-0.39, 0.29) is 24.4 Å². The van der Waals surface area contributed by atoms with Gasteiger partial charge in [-0.05, 0) is 19.9 Å². The Morgan fingerprint density at radius 3 is 2.53 bits per heavy atom. The Morgan fingerprint density at radius 1 is 1.37 bits per heavy atom. The molecular formula is C13H18N2O4. The van der Waals surface area contributed by atoms with Crippen molar-refractivity contribution in [3.63, 3.8) is 0 Å². The van der Waals surface area contributed by atoms with Gasteiger partial charge >= 0.3 is 5.97 Å². The van der Waals surface area contributed by atoms with Crippen LogP contribution in [0, 0.1) is 0 Å². The van der Waals surface area contributed by atoms with Crippen molar-refractivity contribution in [1.82, 2.24) is 9.47 Å². The fraction of sp³-hybridized carbons (Fsp3) is 0.462. The number of nitrogens with zero attached hydrogens (tertiary/aromatic N) is 2. The summed E-state index contributed by atoms with van der Waals surface area (Å²) in [6, 6.07) is 4.66. The fourth-order valence-electron chi connectivity index (χ4n) is 1.82. The summed E-state index contributed by atoms with van der Waals surface area (Å²) in [7, 11) is 1.53. The highest BCUT2D eigenvalue weighted by atomic mass is 16.4. The molecule has 1 heterocycles. The minimum atomic E-state index is -1.05. The topological polar surface area (TPSA) is 79.6 Å². The molecule has 6 heteroatoms. The molecule has 0 aliphatic rings. The Bertz CT molecular complexity index is 533. The first kappa shape index (κ1) is 14.9. The normalized spacial score (nSPS) is 11.1. The van der Waals surface area contributed by atoms with Gasteiger partial charge in [-0.25, -0.2) is 0 Å². The van der Waals surface area contributed by atoms with Gasteiger partial charge in [-0.2, -0.15) is 0 Å². The number of carboxylic acids is 1. The number of hydrogen-bond acceptors (Lipinski definition) is 3. The Kier molecular flexibility index (Phi) is 4.47. The SMILES string of the molecule is CN(CCC(=O)O)C(=O)C(C)(C)n1ccccc1=O. The summed E-state index contributed by atoms with van der Waals surface area (Å²) >= 11 is 0. The van der Waals surface area contributed by atoms with E-state index in [9.17, 15) is 14.4 Å². The number of likely N-dealkylation sites (N-methyl/N-ethyl adjacent to an activating group) is 1. The molecular weight excluding hydrogens is 248 g/mol. The maximum Gasteiger partial charge on any atom is 0.305 e. The van der Waals surface area contributed by atoms with E-state index in [1.165, 1.54) is 22.6 Å². The summed E-state index contributed by atoms with van der Waals surface area (Å²) in [5, 5.41) is 8.61. The molecule has 0 atom stereocenters. The number of aliphatic carboxylic acids is 1. The van der Waals surface area contributed by atoms with Crippen LogP contribution in [0.4, 0.5) is 0 Å². The molecule has 0 fully saturated rings. The molecule has 6 nitrogen and oxygen atoms in total. The van der Waals surface area contributed by atoms with Crippen LogP contribution < -0.4 is 5.56 Å². The van der Waals surface area contributed by atoms with Crippen molar-refractivity contribution in [3.8, 4) is 0 Å². The zero-order valence-corrected chi connectivity index (χ0v) is 11.3. The van der Waals surface area contributed by atoms with E-state index in [0.717, 1.165) is 0 Å². The number of carbonyl (C=O) groups is 2. The summed E-state index contributed by atoms with van der Waals surface area (Å²) in [5.41, 5.74) is -1.32. The number of carboxylic acid groups (broad SMARTS) is 1. The third-order valence-corrected chi connectivity index (χ3v) is 2.96. The largest absolute Gasteiger partial charge is 0.481 e. The van der Waals surface area contributed by atoms with Crippen LogP contribution in [0.3, 0.4) is 0 Å². The number of amides is 1. The number of rotatable bonds is 5. The van der Waals surface area contributed by atoms with Gasteiger partial charge in [0.05, 0.1) is 6.42 Å². The lowest BCUT2D eigenvalue weighted by atomic mass is 10.0. The Labute approximate surface area is 111 Å². The van der Waals surface area contributed by atoms with Gasteiger partial charge in [0.15, 0.2) is 0 Å². The predicted octanol–water partition coefficient (Wildman–Crippen LogP) is 0.516. The second-order valence-corrected chi connectivity index (χ2v) is 4.84. The van der Waals surface area contributed by atoms with E-state index in [4.69, 9.17) is 5.11 Å². The van der Waals surface area contributed by atoms with Crippen LogP contribution in [0.25, 0.3) is 0 Å². The minimum Gasteiger partial charge on any atom is -0.481 e. The number of pyridine rings is 1. The molecule has 104 valence electrons. The monoisotopic (exact) mass is 266 g/mol. The van der Waals surface area contributed by atoms with Gasteiger partial charge < -0.3 is 14.6 Å². The summed E-state index contributed by atoms with van der Waals surface area (Å²) in [6.45, 7) is 3.38. The van der Waals surface area contributed by atoms with E-state index < -0.39 is 11.5 Å². The van der Waals surface area contributed by atoms with Crippen LogP contribution in [-0.4, -0.2) is 40.0 Å². The van der Waals surface area contributed by atoms with E-state index in [0.29, 0.717) is 0 Å². The summed E-state index contributed by atoms with van der Waals surface area (Å²) in [4.78, 5) is 35.9.